The highest BCUT2D eigenvalue weighted by atomic mass is 32.1. The van der Waals surface area contributed by atoms with Crippen LogP contribution in [0.2, 0.25) is 0 Å². The predicted molar refractivity (Wildman–Crippen MR) is 170 cm³/mol. The van der Waals surface area contributed by atoms with E-state index < -0.39 is 17.6 Å². The minimum absolute atomic E-state index is 0.000841. The molecule has 0 aliphatic carbocycles. The van der Waals surface area contributed by atoms with Crippen molar-refractivity contribution in [2.24, 2.45) is 22.2 Å². The molecule has 1 fully saturated rings. The molecule has 4 rings (SSSR count). The van der Waals surface area contributed by atoms with Gasteiger partial charge in [0.2, 0.25) is 5.91 Å². The summed E-state index contributed by atoms with van der Waals surface area (Å²) in [5.74, 6) is -0.642. The number of nitrogens with two attached hydrogens (primary N) is 3. The number of carboxylic acid groups (broad SMARTS) is 1. The standard InChI is InChI=1S/C29H37N9O4S/c1-18(2)22-17-43-24(34-22)7-5-19-9-11-38-23(16-19)35-26(20(27(38)41)6-8-25(39)40)36-12-14-37(15-13-36)28(42)21(30)4-3-10-33-29(31)32/h5-9,11,16-18,21H,3-4,10,12-15,30H2,1-2H3,(H,39,40)(H4,31,32,33)/b7-5+,8-6+. The van der Waals surface area contributed by atoms with E-state index in [1.165, 1.54) is 10.5 Å². The van der Waals surface area contributed by atoms with E-state index in [1.807, 2.05) is 22.4 Å². The molecule has 0 bridgehead atoms. The number of aliphatic carboxylic acids is 1. The number of aromatic nitrogens is 3. The van der Waals surface area contributed by atoms with Gasteiger partial charge < -0.3 is 32.1 Å². The van der Waals surface area contributed by atoms with Crippen molar-refractivity contribution in [3.8, 4) is 0 Å². The molecule has 4 heterocycles. The Balaban J connectivity index is 1.55. The number of hydrogen-bond acceptors (Lipinski definition) is 9. The van der Waals surface area contributed by atoms with Crippen molar-refractivity contribution in [1.29, 1.82) is 0 Å². The number of fused-ring (bicyclic) bond motifs is 1. The van der Waals surface area contributed by atoms with Crippen LogP contribution in [0.4, 0.5) is 5.82 Å². The predicted octanol–water partition coefficient (Wildman–Crippen LogP) is 1.57. The first kappa shape index (κ1) is 31.4. The Morgan fingerprint density at radius 2 is 1.88 bits per heavy atom. The van der Waals surface area contributed by atoms with Crippen LogP contribution in [0, 0.1) is 0 Å². The number of nitrogens with zero attached hydrogens (tertiary/aromatic N) is 6. The number of aliphatic imine (C=N–C) groups is 1. The number of pyridine rings is 1. The smallest absolute Gasteiger partial charge is 0.328 e. The van der Waals surface area contributed by atoms with Crippen LogP contribution >= 0.6 is 11.3 Å². The van der Waals surface area contributed by atoms with Gasteiger partial charge in [0.25, 0.3) is 5.56 Å². The second kappa shape index (κ2) is 14.1. The third-order valence-electron chi connectivity index (χ3n) is 6.99. The third-order valence-corrected chi connectivity index (χ3v) is 7.82. The van der Waals surface area contributed by atoms with Crippen LogP contribution in [0.3, 0.4) is 0 Å². The van der Waals surface area contributed by atoms with Crippen molar-refractivity contribution < 1.29 is 14.7 Å². The van der Waals surface area contributed by atoms with Gasteiger partial charge in [-0.25, -0.2) is 14.8 Å². The number of piperazine rings is 1. The Bertz CT molecular complexity index is 1610. The van der Waals surface area contributed by atoms with Gasteiger partial charge in [-0.3, -0.25) is 19.0 Å². The molecule has 14 heteroatoms. The van der Waals surface area contributed by atoms with Crippen molar-refractivity contribution in [3.05, 3.63) is 62.0 Å². The maximum Gasteiger partial charge on any atom is 0.328 e. The van der Waals surface area contributed by atoms with Crippen LogP contribution in [0.25, 0.3) is 23.9 Å². The molecule has 1 saturated heterocycles. The Hall–Kier alpha value is -4.56. The summed E-state index contributed by atoms with van der Waals surface area (Å²) >= 11 is 1.56. The molecule has 0 aromatic carbocycles. The van der Waals surface area contributed by atoms with Crippen LogP contribution in [0.1, 0.15) is 54.4 Å². The third kappa shape index (κ3) is 8.05. The average molecular weight is 608 g/mol. The van der Waals surface area contributed by atoms with E-state index in [0.717, 1.165) is 22.3 Å². The lowest BCUT2D eigenvalue weighted by molar-refractivity contribution is -0.133. The molecule has 0 spiro atoms. The number of rotatable bonds is 11. The molecule has 0 saturated carbocycles. The summed E-state index contributed by atoms with van der Waals surface area (Å²) in [5.41, 5.74) is 18.8. The molecule has 13 nitrogen and oxygen atoms in total. The van der Waals surface area contributed by atoms with Crippen molar-refractivity contribution in [2.75, 3.05) is 37.6 Å². The summed E-state index contributed by atoms with van der Waals surface area (Å²) in [4.78, 5) is 54.6. The number of carbonyl (C=O) groups excluding carboxylic acids is 1. The van der Waals surface area contributed by atoms with Crippen LogP contribution in [0.5, 0.6) is 0 Å². The summed E-state index contributed by atoms with van der Waals surface area (Å²) in [6, 6.07) is 2.91. The van der Waals surface area contributed by atoms with E-state index >= 15 is 0 Å². The molecule has 1 atom stereocenters. The fourth-order valence-corrected chi connectivity index (χ4v) is 5.50. The first-order valence-electron chi connectivity index (χ1n) is 14.0. The molecule has 3 aromatic heterocycles. The maximum absolute atomic E-state index is 13.5. The van der Waals surface area contributed by atoms with Gasteiger partial charge in [0.05, 0.1) is 17.3 Å². The van der Waals surface area contributed by atoms with Crippen molar-refractivity contribution in [2.45, 2.75) is 38.6 Å². The number of amides is 1. The summed E-state index contributed by atoms with van der Waals surface area (Å²) in [7, 11) is 0. The number of guanidine groups is 1. The molecule has 1 amide bonds. The molecule has 1 unspecified atom stereocenters. The number of carboxylic acids is 1. The summed E-state index contributed by atoms with van der Waals surface area (Å²) in [5, 5.41) is 12.2. The van der Waals surface area contributed by atoms with Crippen LogP contribution in [-0.4, -0.2) is 81.0 Å². The molecule has 0 radical (unpaired) electrons. The first-order valence-corrected chi connectivity index (χ1v) is 14.9. The zero-order chi connectivity index (χ0) is 31.1. The fourth-order valence-electron chi connectivity index (χ4n) is 4.63. The lowest BCUT2D eigenvalue weighted by Gasteiger charge is -2.37. The second-order valence-corrected chi connectivity index (χ2v) is 11.4. The summed E-state index contributed by atoms with van der Waals surface area (Å²) in [6.07, 6.45) is 8.68. The molecular formula is C29H37N9O4S. The van der Waals surface area contributed by atoms with Crippen LogP contribution in [0.15, 0.2) is 39.6 Å². The van der Waals surface area contributed by atoms with Gasteiger partial charge in [-0.2, -0.15) is 0 Å². The van der Waals surface area contributed by atoms with Gasteiger partial charge in [-0.1, -0.05) is 19.9 Å². The molecule has 7 N–H and O–H groups in total. The van der Waals surface area contributed by atoms with E-state index in [4.69, 9.17) is 22.2 Å². The normalized spacial score (nSPS) is 14.7. The highest BCUT2D eigenvalue weighted by Crippen LogP contribution is 2.22. The van der Waals surface area contributed by atoms with Crippen molar-refractivity contribution in [1.82, 2.24) is 19.3 Å². The van der Waals surface area contributed by atoms with Crippen molar-refractivity contribution >= 4 is 58.9 Å². The molecular weight excluding hydrogens is 570 g/mol. The Labute approximate surface area is 253 Å². The van der Waals surface area contributed by atoms with Gasteiger partial charge >= 0.3 is 5.97 Å². The van der Waals surface area contributed by atoms with E-state index in [2.05, 4.69) is 23.8 Å². The van der Waals surface area contributed by atoms with Gasteiger partial charge in [-0.05, 0) is 48.6 Å². The highest BCUT2D eigenvalue weighted by Gasteiger charge is 2.27. The zero-order valence-corrected chi connectivity index (χ0v) is 25.0. The molecule has 1 aliphatic rings. The minimum Gasteiger partial charge on any atom is -0.478 e. The minimum atomic E-state index is -1.18. The molecule has 3 aromatic rings. The van der Waals surface area contributed by atoms with E-state index in [0.29, 0.717) is 62.9 Å². The Morgan fingerprint density at radius 3 is 2.53 bits per heavy atom. The fraction of sp³-hybridized carbons (Fsp3) is 0.379. The van der Waals surface area contributed by atoms with Gasteiger partial charge in [0, 0.05) is 50.4 Å². The topological polar surface area (TPSA) is 199 Å². The van der Waals surface area contributed by atoms with Gasteiger partial charge in [0.1, 0.15) is 16.5 Å². The lowest BCUT2D eigenvalue weighted by Crippen LogP contribution is -2.53. The van der Waals surface area contributed by atoms with E-state index in [-0.39, 0.29) is 17.4 Å². The van der Waals surface area contributed by atoms with Crippen LogP contribution in [-0.2, 0) is 9.59 Å². The SMILES string of the molecule is CC(C)c1csc(/C=C/c2ccn3c(=O)c(/C=C/C(=O)O)c(N4CCN(C(=O)C(N)CCCN=C(N)N)CC4)nc3c2)n1. The second-order valence-electron chi connectivity index (χ2n) is 10.5. The molecule has 1 aliphatic heterocycles. The quantitative estimate of drug-likeness (QED) is 0.107. The number of thiazole rings is 1. The summed E-state index contributed by atoms with van der Waals surface area (Å²) < 4.78 is 1.39. The largest absolute Gasteiger partial charge is 0.478 e. The number of anilines is 1. The maximum atomic E-state index is 13.5. The lowest BCUT2D eigenvalue weighted by atomic mass is 10.1. The van der Waals surface area contributed by atoms with E-state index in [1.54, 1.807) is 34.6 Å². The Morgan fingerprint density at radius 1 is 1.14 bits per heavy atom. The van der Waals surface area contributed by atoms with E-state index in [9.17, 15) is 19.5 Å². The average Bonchev–Trinajstić information content (AvgIpc) is 3.46. The van der Waals surface area contributed by atoms with Gasteiger partial charge in [-0.15, -0.1) is 11.3 Å². The molecule has 228 valence electrons. The highest BCUT2D eigenvalue weighted by molar-refractivity contribution is 7.10. The monoisotopic (exact) mass is 607 g/mol. The van der Waals surface area contributed by atoms with Gasteiger partial charge in [0.15, 0.2) is 5.96 Å². The Kier molecular flexibility index (Phi) is 10.3. The zero-order valence-electron chi connectivity index (χ0n) is 24.2. The molecule has 43 heavy (non-hydrogen) atoms. The number of hydrogen-bond donors (Lipinski definition) is 4. The number of carbonyl (C=O) groups is 2. The summed E-state index contributed by atoms with van der Waals surface area (Å²) in [6.45, 7) is 6.12. The van der Waals surface area contributed by atoms with Crippen molar-refractivity contribution in [3.63, 3.8) is 0 Å². The first-order chi connectivity index (χ1) is 20.5. The van der Waals surface area contributed by atoms with Crippen LogP contribution < -0.4 is 27.7 Å².